The van der Waals surface area contributed by atoms with Crippen LogP contribution in [0.5, 0.6) is 5.75 Å². The molecule has 0 saturated carbocycles. The summed E-state index contributed by atoms with van der Waals surface area (Å²) in [5.41, 5.74) is 4.99. The van der Waals surface area contributed by atoms with E-state index >= 15 is 0 Å². The zero-order valence-corrected chi connectivity index (χ0v) is 20.9. The minimum absolute atomic E-state index is 0.0412. The summed E-state index contributed by atoms with van der Waals surface area (Å²) in [6, 6.07) is 1.93. The third-order valence-electron chi connectivity index (χ3n) is 3.90. The lowest BCUT2D eigenvalue weighted by Crippen LogP contribution is -2.30. The number of benzene rings is 1. The monoisotopic (exact) mass is 521 g/mol. The van der Waals surface area contributed by atoms with Crippen LogP contribution in [-0.4, -0.2) is 51.2 Å². The van der Waals surface area contributed by atoms with Crippen LogP contribution in [0.3, 0.4) is 0 Å². The van der Waals surface area contributed by atoms with Crippen LogP contribution in [0.4, 0.5) is 0 Å². The Hall–Kier alpha value is -2.28. The van der Waals surface area contributed by atoms with Crippen molar-refractivity contribution in [3.63, 3.8) is 0 Å². The molecule has 0 fully saturated rings. The van der Waals surface area contributed by atoms with E-state index in [2.05, 4.69) is 11.0 Å². The number of hydrogen-bond donors (Lipinski definition) is 3. The molecule has 2 rings (SSSR count). The van der Waals surface area contributed by atoms with Crippen LogP contribution < -0.4 is 16.2 Å². The van der Waals surface area contributed by atoms with Gasteiger partial charge in [0.15, 0.2) is 7.37 Å². The third-order valence-corrected chi connectivity index (χ3v) is 5.59. The SMILES string of the molecule is C#CCOc1cc(-n2nc(C(C)(C)C)oc2=O)c(Cl)cc1Cl.CP(=O)(O)CCC(N)C(=O)O. The van der Waals surface area contributed by atoms with E-state index in [0.717, 1.165) is 4.68 Å². The van der Waals surface area contributed by atoms with Crippen molar-refractivity contribution < 1.29 is 28.5 Å². The Morgan fingerprint density at radius 1 is 1.39 bits per heavy atom. The van der Waals surface area contributed by atoms with E-state index in [1.807, 2.05) is 20.8 Å². The maximum Gasteiger partial charge on any atom is 0.442 e. The van der Waals surface area contributed by atoms with Crippen molar-refractivity contribution in [2.24, 2.45) is 5.73 Å². The largest absolute Gasteiger partial charge is 0.480 e. The summed E-state index contributed by atoms with van der Waals surface area (Å²) in [5, 5.41) is 13.0. The van der Waals surface area contributed by atoms with Gasteiger partial charge in [-0.25, -0.2) is 4.79 Å². The highest BCUT2D eigenvalue weighted by atomic mass is 35.5. The normalized spacial score (nSPS) is 13.8. The van der Waals surface area contributed by atoms with Gasteiger partial charge in [-0.15, -0.1) is 11.5 Å². The minimum Gasteiger partial charge on any atom is -0.480 e. The van der Waals surface area contributed by atoms with E-state index in [9.17, 15) is 14.2 Å². The molecule has 0 radical (unpaired) electrons. The average molecular weight is 522 g/mol. The van der Waals surface area contributed by atoms with Crippen molar-refractivity contribution in [2.45, 2.75) is 38.6 Å². The predicted octanol–water partition coefficient (Wildman–Crippen LogP) is 3.13. The lowest BCUT2D eigenvalue weighted by molar-refractivity contribution is -0.138. The highest BCUT2D eigenvalue weighted by Crippen LogP contribution is 2.36. The number of carbonyl (C=O) groups is 1. The average Bonchev–Trinajstić information content (AvgIpc) is 3.07. The minimum atomic E-state index is -3.10. The van der Waals surface area contributed by atoms with Gasteiger partial charge in [-0.05, 0) is 12.5 Å². The Morgan fingerprint density at radius 2 is 2.00 bits per heavy atom. The molecule has 0 saturated heterocycles. The highest BCUT2D eigenvalue weighted by molar-refractivity contribution is 7.57. The van der Waals surface area contributed by atoms with Gasteiger partial charge in [-0.1, -0.05) is 49.9 Å². The number of halogens is 2. The van der Waals surface area contributed by atoms with E-state index in [1.54, 1.807) is 0 Å². The molecule has 1 aromatic heterocycles. The molecule has 1 aromatic carbocycles. The second-order valence-electron chi connectivity index (χ2n) is 8.07. The van der Waals surface area contributed by atoms with Crippen molar-refractivity contribution in [3.8, 4) is 23.8 Å². The molecule has 182 valence electrons. The van der Waals surface area contributed by atoms with Crippen molar-refractivity contribution in [2.75, 3.05) is 19.4 Å². The molecule has 4 N–H and O–H groups in total. The van der Waals surface area contributed by atoms with Gasteiger partial charge < -0.3 is 24.9 Å². The molecule has 0 aliphatic rings. The van der Waals surface area contributed by atoms with E-state index < -0.39 is 30.6 Å². The molecule has 2 aromatic rings. The van der Waals surface area contributed by atoms with E-state index in [4.69, 9.17) is 54.5 Å². The zero-order valence-electron chi connectivity index (χ0n) is 18.5. The quantitative estimate of drug-likeness (QED) is 0.367. The van der Waals surface area contributed by atoms with Crippen LogP contribution in [0, 0.1) is 12.3 Å². The first-order valence-corrected chi connectivity index (χ1v) is 12.6. The maximum absolute atomic E-state index is 12.0. The Balaban J connectivity index is 0.000000420. The Labute approximate surface area is 201 Å². The molecule has 0 spiro atoms. The molecular weight excluding hydrogens is 496 g/mol. The fourth-order valence-corrected chi connectivity index (χ4v) is 3.42. The first-order chi connectivity index (χ1) is 15.1. The molecule has 0 amide bonds. The van der Waals surface area contributed by atoms with Gasteiger partial charge in [0.2, 0.25) is 5.89 Å². The maximum atomic E-state index is 12.0. The number of carboxylic acids is 1. The zero-order chi connectivity index (χ0) is 25.6. The first kappa shape index (κ1) is 28.8. The van der Waals surface area contributed by atoms with Gasteiger partial charge in [0.1, 0.15) is 18.4 Å². The summed E-state index contributed by atoms with van der Waals surface area (Å²) in [4.78, 5) is 30.9. The summed E-state index contributed by atoms with van der Waals surface area (Å²) in [6.45, 7) is 6.87. The fraction of sp³-hybridized carbons (Fsp3) is 0.450. The van der Waals surface area contributed by atoms with Crippen molar-refractivity contribution in [1.29, 1.82) is 0 Å². The predicted molar refractivity (Wildman–Crippen MR) is 126 cm³/mol. The molecule has 0 aliphatic carbocycles. The molecule has 33 heavy (non-hydrogen) atoms. The van der Waals surface area contributed by atoms with Gasteiger partial charge in [0.05, 0.1) is 15.7 Å². The van der Waals surface area contributed by atoms with Crippen LogP contribution in [0.25, 0.3) is 5.69 Å². The van der Waals surface area contributed by atoms with Crippen LogP contribution in [0.2, 0.25) is 10.0 Å². The van der Waals surface area contributed by atoms with Gasteiger partial charge in [0.25, 0.3) is 0 Å². The number of nitrogens with two attached hydrogens (primary N) is 1. The highest BCUT2D eigenvalue weighted by Gasteiger charge is 2.24. The van der Waals surface area contributed by atoms with Crippen molar-refractivity contribution >= 4 is 36.5 Å². The molecule has 0 aliphatic heterocycles. The molecule has 13 heteroatoms. The Bertz CT molecular complexity index is 1130. The Morgan fingerprint density at radius 3 is 2.45 bits per heavy atom. The van der Waals surface area contributed by atoms with Gasteiger partial charge in [-0.2, -0.15) is 4.68 Å². The first-order valence-electron chi connectivity index (χ1n) is 9.50. The lowest BCUT2D eigenvalue weighted by Gasteiger charge is -2.11. The molecule has 2 atom stereocenters. The number of rotatable bonds is 7. The smallest absolute Gasteiger partial charge is 0.442 e. The summed E-state index contributed by atoms with van der Waals surface area (Å²) in [5.74, 6) is 1.17. The molecule has 10 nitrogen and oxygen atoms in total. The topological polar surface area (TPSA) is 158 Å². The van der Waals surface area contributed by atoms with Crippen molar-refractivity contribution in [3.05, 3.63) is 38.6 Å². The summed E-state index contributed by atoms with van der Waals surface area (Å²) >= 11 is 12.2. The van der Waals surface area contributed by atoms with Crippen LogP contribution >= 0.6 is 30.6 Å². The summed E-state index contributed by atoms with van der Waals surface area (Å²) in [6.07, 6.45) is 5.15. The van der Waals surface area contributed by atoms with Crippen LogP contribution in [0.15, 0.2) is 21.3 Å². The van der Waals surface area contributed by atoms with E-state index in [1.165, 1.54) is 18.8 Å². The standard InChI is InChI=1S/C15H14Cl2N2O3.C5H12NO4P/c1-5-6-21-12-8-11(9(16)7-10(12)17)19-14(20)22-13(18-19)15(2,3)4;1-11(9,10)3-2-4(6)5(7)8/h1,7-8H,6H2,2-4H3;4H,2-3,6H2,1H3,(H,7,8)(H,9,10). The van der Waals surface area contributed by atoms with E-state index in [0.29, 0.717) is 17.3 Å². The number of carboxylic acid groups (broad SMARTS) is 1. The van der Waals surface area contributed by atoms with Crippen molar-refractivity contribution in [1.82, 2.24) is 9.78 Å². The van der Waals surface area contributed by atoms with Gasteiger partial charge in [-0.3, -0.25) is 9.36 Å². The second kappa shape index (κ2) is 11.7. The van der Waals surface area contributed by atoms with Gasteiger partial charge in [0, 0.05) is 24.3 Å². The number of ether oxygens (including phenoxy) is 1. The number of aliphatic carboxylic acids is 1. The number of aromatic nitrogens is 2. The second-order valence-corrected chi connectivity index (χ2v) is 11.4. The number of nitrogens with zero attached hydrogens (tertiary/aromatic N) is 2. The third kappa shape index (κ3) is 9.24. The molecule has 1 heterocycles. The summed E-state index contributed by atoms with van der Waals surface area (Å²) < 4.78 is 22.2. The van der Waals surface area contributed by atoms with Crippen LogP contribution in [-0.2, 0) is 14.8 Å². The summed E-state index contributed by atoms with van der Waals surface area (Å²) in [7, 11) is -3.10. The fourth-order valence-electron chi connectivity index (χ4n) is 2.15. The lowest BCUT2D eigenvalue weighted by atomic mass is 9.97. The number of terminal acetylenes is 1. The Kier molecular flexibility index (Phi) is 10.2. The van der Waals surface area contributed by atoms with Gasteiger partial charge >= 0.3 is 11.7 Å². The molecule has 2 unspecified atom stereocenters. The van der Waals surface area contributed by atoms with Crippen LogP contribution in [0.1, 0.15) is 33.1 Å². The van der Waals surface area contributed by atoms with E-state index in [-0.39, 0.29) is 29.2 Å². The molecule has 0 bridgehead atoms. The molecular formula is C20H26Cl2N3O7P. The number of hydrogen-bond acceptors (Lipinski definition) is 7.